The smallest absolute Gasteiger partial charge is 0.306 e. The third-order valence-electron chi connectivity index (χ3n) is 10.2. The van der Waals surface area contributed by atoms with Gasteiger partial charge in [-0.05, 0) is 70.6 Å². The van der Waals surface area contributed by atoms with Gasteiger partial charge in [0.15, 0.2) is 0 Å². The van der Waals surface area contributed by atoms with Crippen LogP contribution in [0.15, 0.2) is 24.3 Å². The summed E-state index contributed by atoms with van der Waals surface area (Å²) in [5, 5.41) is 8.70. The second-order valence-corrected chi connectivity index (χ2v) is 15.2. The van der Waals surface area contributed by atoms with Gasteiger partial charge in [-0.1, -0.05) is 192 Å². The Morgan fingerprint density at radius 3 is 1.22 bits per heavy atom. The number of rotatable bonds is 41. The topological polar surface area (TPSA) is 63.6 Å². The molecule has 1 unspecified atom stereocenters. The van der Waals surface area contributed by atoms with E-state index in [-0.39, 0.29) is 12.1 Å². The van der Waals surface area contributed by atoms with E-state index in [2.05, 4.69) is 38.2 Å². The monoisotopic (exact) mass is 703 g/mol. The van der Waals surface area contributed by atoms with Gasteiger partial charge in [-0.25, -0.2) is 0 Å². The molecule has 0 spiro atoms. The fraction of sp³-hybridized carbons (Fsp3) is 0.870. The molecular formula is C46H86O4. The van der Waals surface area contributed by atoms with Crippen molar-refractivity contribution < 1.29 is 19.4 Å². The number of carbonyl (C=O) groups excluding carboxylic acids is 1. The lowest BCUT2D eigenvalue weighted by Gasteiger charge is -2.18. The number of carbonyl (C=O) groups is 2. The molecular weight excluding hydrogens is 617 g/mol. The quantitative estimate of drug-likeness (QED) is 0.0391. The highest BCUT2D eigenvalue weighted by molar-refractivity contribution is 5.69. The van der Waals surface area contributed by atoms with Crippen molar-refractivity contribution in [3.05, 3.63) is 24.3 Å². The minimum absolute atomic E-state index is 0.0425. The van der Waals surface area contributed by atoms with E-state index in [1.54, 1.807) is 0 Å². The average molecular weight is 703 g/mol. The molecule has 0 aromatic carbocycles. The number of carboxylic acids is 1. The van der Waals surface area contributed by atoms with E-state index in [9.17, 15) is 9.59 Å². The van der Waals surface area contributed by atoms with Crippen LogP contribution in [0.2, 0.25) is 0 Å². The van der Waals surface area contributed by atoms with E-state index in [0.717, 1.165) is 44.9 Å². The summed E-state index contributed by atoms with van der Waals surface area (Å²) in [5.41, 5.74) is 0. The second kappa shape index (κ2) is 41.8. The molecule has 0 fully saturated rings. The SMILES string of the molecule is CCCCC/C=C\C/C=C\CCCCCCCCCCCC(=O)OC(CCCCCCC)CCCCCCCCCCCCCCCC(=O)O. The number of esters is 1. The van der Waals surface area contributed by atoms with Crippen molar-refractivity contribution in [3.63, 3.8) is 0 Å². The highest BCUT2D eigenvalue weighted by Crippen LogP contribution is 2.19. The molecule has 4 heteroatoms. The molecule has 0 heterocycles. The normalized spacial score (nSPS) is 12.4. The lowest BCUT2D eigenvalue weighted by Crippen LogP contribution is -2.18. The Labute approximate surface area is 312 Å². The van der Waals surface area contributed by atoms with E-state index in [0.29, 0.717) is 12.8 Å². The summed E-state index contributed by atoms with van der Waals surface area (Å²) in [6, 6.07) is 0. The Hall–Kier alpha value is -1.58. The minimum atomic E-state index is -0.666. The van der Waals surface area contributed by atoms with Gasteiger partial charge >= 0.3 is 11.9 Å². The summed E-state index contributed by atoms with van der Waals surface area (Å²) >= 11 is 0. The molecule has 0 rings (SSSR count). The molecule has 294 valence electrons. The molecule has 0 aromatic heterocycles. The van der Waals surface area contributed by atoms with Crippen LogP contribution < -0.4 is 0 Å². The van der Waals surface area contributed by atoms with E-state index >= 15 is 0 Å². The van der Waals surface area contributed by atoms with Gasteiger partial charge < -0.3 is 9.84 Å². The summed E-state index contributed by atoms with van der Waals surface area (Å²) in [5.74, 6) is -0.624. The standard InChI is InChI=1S/C46H86O4/c1-3-5-7-9-10-11-12-13-14-15-16-17-18-22-25-28-31-35-39-43-46(49)50-44(40-36-32-8-6-4-2)41-37-33-29-26-23-20-19-21-24-27-30-34-38-42-45(47)48/h10-11,13-14,44H,3-9,12,15-43H2,1-2H3,(H,47,48)/b11-10-,14-13-. The van der Waals surface area contributed by atoms with E-state index in [1.165, 1.54) is 180 Å². The second-order valence-electron chi connectivity index (χ2n) is 15.2. The van der Waals surface area contributed by atoms with Gasteiger partial charge in [-0.2, -0.15) is 0 Å². The maximum absolute atomic E-state index is 12.7. The van der Waals surface area contributed by atoms with Crippen LogP contribution in [0.5, 0.6) is 0 Å². The van der Waals surface area contributed by atoms with Crippen molar-refractivity contribution in [1.29, 1.82) is 0 Å². The van der Waals surface area contributed by atoms with E-state index < -0.39 is 5.97 Å². The summed E-state index contributed by atoms with van der Waals surface area (Å²) in [6.07, 6.45) is 53.8. The van der Waals surface area contributed by atoms with Gasteiger partial charge in [0, 0.05) is 12.8 Å². The van der Waals surface area contributed by atoms with E-state index in [4.69, 9.17) is 9.84 Å². The first-order valence-corrected chi connectivity index (χ1v) is 22.3. The lowest BCUT2D eigenvalue weighted by atomic mass is 10.0. The molecule has 0 saturated carbocycles. The molecule has 0 aliphatic carbocycles. The van der Waals surface area contributed by atoms with E-state index in [1.807, 2.05) is 0 Å². The van der Waals surface area contributed by atoms with Crippen molar-refractivity contribution in [2.45, 2.75) is 258 Å². The largest absolute Gasteiger partial charge is 0.481 e. The fourth-order valence-electron chi connectivity index (χ4n) is 6.86. The predicted octanol–water partition coefficient (Wildman–Crippen LogP) is 15.6. The molecule has 0 bridgehead atoms. The molecule has 0 aliphatic rings. The van der Waals surface area contributed by atoms with Crippen LogP contribution in [0.1, 0.15) is 251 Å². The number of hydrogen-bond acceptors (Lipinski definition) is 3. The van der Waals surface area contributed by atoms with Gasteiger partial charge in [0.25, 0.3) is 0 Å². The first kappa shape index (κ1) is 48.4. The number of hydrogen-bond donors (Lipinski definition) is 1. The third-order valence-corrected chi connectivity index (χ3v) is 10.2. The zero-order valence-corrected chi connectivity index (χ0v) is 33.7. The first-order valence-electron chi connectivity index (χ1n) is 22.3. The van der Waals surface area contributed by atoms with Crippen molar-refractivity contribution in [2.24, 2.45) is 0 Å². The first-order chi connectivity index (χ1) is 24.6. The van der Waals surface area contributed by atoms with Gasteiger partial charge in [-0.15, -0.1) is 0 Å². The zero-order chi connectivity index (χ0) is 36.4. The molecule has 0 saturated heterocycles. The number of ether oxygens (including phenoxy) is 1. The number of aliphatic carboxylic acids is 1. The predicted molar refractivity (Wildman–Crippen MR) is 218 cm³/mol. The Balaban J connectivity index is 3.82. The molecule has 1 atom stereocenters. The lowest BCUT2D eigenvalue weighted by molar-refractivity contribution is -0.150. The Morgan fingerprint density at radius 2 is 0.780 bits per heavy atom. The summed E-state index contributed by atoms with van der Waals surface area (Å²) in [7, 11) is 0. The number of carboxylic acid groups (broad SMARTS) is 1. The van der Waals surface area contributed by atoms with Crippen molar-refractivity contribution in [2.75, 3.05) is 0 Å². The highest BCUT2D eigenvalue weighted by Gasteiger charge is 2.14. The average Bonchev–Trinajstić information content (AvgIpc) is 3.10. The summed E-state index contributed by atoms with van der Waals surface area (Å²) in [6.45, 7) is 4.52. The van der Waals surface area contributed by atoms with Crippen LogP contribution in [-0.2, 0) is 14.3 Å². The van der Waals surface area contributed by atoms with Crippen LogP contribution in [0.4, 0.5) is 0 Å². The maximum atomic E-state index is 12.7. The molecule has 50 heavy (non-hydrogen) atoms. The van der Waals surface area contributed by atoms with Crippen LogP contribution >= 0.6 is 0 Å². The van der Waals surface area contributed by atoms with Crippen LogP contribution in [0.25, 0.3) is 0 Å². The Bertz CT molecular complexity index is 757. The van der Waals surface area contributed by atoms with Crippen molar-refractivity contribution >= 4 is 11.9 Å². The molecule has 0 aliphatic heterocycles. The zero-order valence-electron chi connectivity index (χ0n) is 33.7. The van der Waals surface area contributed by atoms with Gasteiger partial charge in [-0.3, -0.25) is 9.59 Å². The van der Waals surface area contributed by atoms with Crippen molar-refractivity contribution in [1.82, 2.24) is 0 Å². The van der Waals surface area contributed by atoms with Crippen molar-refractivity contribution in [3.8, 4) is 0 Å². The minimum Gasteiger partial charge on any atom is -0.481 e. The Kier molecular flexibility index (Phi) is 40.5. The molecule has 1 N–H and O–H groups in total. The highest BCUT2D eigenvalue weighted by atomic mass is 16.5. The van der Waals surface area contributed by atoms with Gasteiger partial charge in [0.05, 0.1) is 0 Å². The Morgan fingerprint density at radius 1 is 0.440 bits per heavy atom. The molecule has 0 amide bonds. The number of unbranched alkanes of at least 4 members (excludes halogenated alkanes) is 28. The van der Waals surface area contributed by atoms with Gasteiger partial charge in [0.2, 0.25) is 0 Å². The maximum Gasteiger partial charge on any atom is 0.306 e. The molecule has 0 aromatic rings. The summed E-state index contributed by atoms with van der Waals surface area (Å²) < 4.78 is 6.04. The van der Waals surface area contributed by atoms with Crippen LogP contribution in [0.3, 0.4) is 0 Å². The van der Waals surface area contributed by atoms with Gasteiger partial charge in [0.1, 0.15) is 6.10 Å². The number of allylic oxidation sites excluding steroid dienone is 4. The summed E-state index contributed by atoms with van der Waals surface area (Å²) in [4.78, 5) is 23.2. The fourth-order valence-corrected chi connectivity index (χ4v) is 6.86. The van der Waals surface area contributed by atoms with Crippen LogP contribution in [-0.4, -0.2) is 23.1 Å². The molecule has 0 radical (unpaired) electrons. The third kappa shape index (κ3) is 40.8. The molecule has 4 nitrogen and oxygen atoms in total. The van der Waals surface area contributed by atoms with Crippen LogP contribution in [0, 0.1) is 0 Å².